The molecule has 0 spiro atoms. The summed E-state index contributed by atoms with van der Waals surface area (Å²) in [7, 11) is 0. The van der Waals surface area contributed by atoms with Gasteiger partial charge in [-0.2, -0.15) is 0 Å². The molecule has 0 atom stereocenters. The number of aromatic nitrogens is 2. The zero-order valence-corrected chi connectivity index (χ0v) is 13.7. The number of fused-ring (bicyclic) bond motifs is 1. The molecule has 4 nitrogen and oxygen atoms in total. The summed E-state index contributed by atoms with van der Waals surface area (Å²) >= 11 is 6.21. The molecule has 1 aromatic heterocycles. The average Bonchev–Trinajstić information content (AvgIpc) is 3.12. The molecule has 1 aliphatic heterocycles. The van der Waals surface area contributed by atoms with E-state index in [1.165, 1.54) is 4.68 Å². The van der Waals surface area contributed by atoms with E-state index in [9.17, 15) is 4.79 Å². The smallest absolute Gasteiger partial charge is 0.278 e. The van der Waals surface area contributed by atoms with Crippen LogP contribution in [-0.2, 0) is 0 Å². The molecular weight excluding hydrogens is 322 g/mol. The number of aromatic amines is 1. The molecular formula is C19H14ClN3O. The van der Waals surface area contributed by atoms with E-state index in [0.29, 0.717) is 16.3 Å². The summed E-state index contributed by atoms with van der Waals surface area (Å²) in [6, 6.07) is 15.1. The van der Waals surface area contributed by atoms with Crippen molar-refractivity contribution < 1.29 is 0 Å². The van der Waals surface area contributed by atoms with Gasteiger partial charge in [0, 0.05) is 23.0 Å². The van der Waals surface area contributed by atoms with Gasteiger partial charge in [0.25, 0.3) is 5.56 Å². The van der Waals surface area contributed by atoms with Crippen molar-refractivity contribution in [3.8, 4) is 5.69 Å². The Bertz CT molecular complexity index is 1060. The van der Waals surface area contributed by atoms with Crippen molar-refractivity contribution in [2.75, 3.05) is 0 Å². The van der Waals surface area contributed by atoms with Crippen molar-refractivity contribution in [3.05, 3.63) is 80.7 Å². The third-order valence-electron chi connectivity index (χ3n) is 4.07. The van der Waals surface area contributed by atoms with E-state index in [0.717, 1.165) is 22.5 Å². The minimum absolute atomic E-state index is 0.133. The van der Waals surface area contributed by atoms with Gasteiger partial charge >= 0.3 is 0 Å². The average molecular weight is 336 g/mol. The summed E-state index contributed by atoms with van der Waals surface area (Å²) in [5.74, 6) is 0. The number of nitrogens with zero attached hydrogens (tertiary/aromatic N) is 2. The fourth-order valence-electron chi connectivity index (χ4n) is 2.84. The molecule has 0 saturated carbocycles. The summed E-state index contributed by atoms with van der Waals surface area (Å²) < 4.78 is 1.47. The Morgan fingerprint density at radius 1 is 1.12 bits per heavy atom. The van der Waals surface area contributed by atoms with Gasteiger partial charge in [0.15, 0.2) is 0 Å². The first-order chi connectivity index (χ1) is 11.6. The molecule has 3 aromatic rings. The minimum Gasteiger partial charge on any atom is -0.295 e. The molecule has 0 amide bonds. The zero-order chi connectivity index (χ0) is 16.7. The number of nitrogens with one attached hydrogen (secondary N) is 1. The Hall–Kier alpha value is -2.85. The Morgan fingerprint density at radius 2 is 1.88 bits per heavy atom. The first-order valence-corrected chi connectivity index (χ1v) is 7.94. The second-order valence-electron chi connectivity index (χ2n) is 5.62. The van der Waals surface area contributed by atoms with Gasteiger partial charge in [-0.25, -0.2) is 4.68 Å². The van der Waals surface area contributed by atoms with Crippen molar-refractivity contribution in [1.82, 2.24) is 9.78 Å². The van der Waals surface area contributed by atoms with E-state index in [4.69, 9.17) is 11.6 Å². The molecule has 5 heteroatoms. The van der Waals surface area contributed by atoms with Gasteiger partial charge in [0.2, 0.25) is 0 Å². The first-order valence-electron chi connectivity index (χ1n) is 7.57. The molecule has 0 fully saturated rings. The number of benzene rings is 2. The molecule has 2 aromatic carbocycles. The molecule has 0 bridgehead atoms. The molecule has 0 unspecified atom stereocenters. The van der Waals surface area contributed by atoms with Gasteiger partial charge in [0.1, 0.15) is 0 Å². The topological polar surface area (TPSA) is 50.1 Å². The quantitative estimate of drug-likeness (QED) is 0.742. The van der Waals surface area contributed by atoms with Crippen LogP contribution in [0, 0.1) is 6.92 Å². The van der Waals surface area contributed by atoms with Gasteiger partial charge in [-0.3, -0.25) is 14.9 Å². The molecule has 0 radical (unpaired) electrons. The maximum absolute atomic E-state index is 12.8. The largest absolute Gasteiger partial charge is 0.295 e. The molecule has 1 N–H and O–H groups in total. The Morgan fingerprint density at radius 3 is 2.71 bits per heavy atom. The van der Waals surface area contributed by atoms with Gasteiger partial charge < -0.3 is 0 Å². The number of hydrogen-bond acceptors (Lipinski definition) is 2. The van der Waals surface area contributed by atoms with Crippen LogP contribution in [0.3, 0.4) is 0 Å². The summed E-state index contributed by atoms with van der Waals surface area (Å²) in [5, 5.41) is 3.62. The van der Waals surface area contributed by atoms with E-state index in [1.807, 2.05) is 55.5 Å². The van der Waals surface area contributed by atoms with Crippen molar-refractivity contribution in [2.24, 2.45) is 4.99 Å². The second kappa shape index (κ2) is 5.65. The van der Waals surface area contributed by atoms with Crippen LogP contribution in [0.2, 0.25) is 5.02 Å². The molecule has 2 heterocycles. The predicted octanol–water partition coefficient (Wildman–Crippen LogP) is 4.38. The van der Waals surface area contributed by atoms with Crippen LogP contribution in [0.25, 0.3) is 17.3 Å². The fraction of sp³-hybridized carbons (Fsp3) is 0.0526. The first kappa shape index (κ1) is 14.7. The highest BCUT2D eigenvalue weighted by atomic mass is 35.5. The summed E-state index contributed by atoms with van der Waals surface area (Å²) in [4.78, 5) is 17.2. The van der Waals surface area contributed by atoms with E-state index >= 15 is 0 Å². The minimum atomic E-state index is -0.133. The second-order valence-corrected chi connectivity index (χ2v) is 6.02. The van der Waals surface area contributed by atoms with Gasteiger partial charge in [-0.05, 0) is 31.2 Å². The number of rotatable bonds is 2. The molecule has 24 heavy (non-hydrogen) atoms. The molecule has 0 aliphatic carbocycles. The number of H-pyrrole nitrogens is 1. The maximum atomic E-state index is 12.8. The van der Waals surface area contributed by atoms with Crippen LogP contribution in [0.1, 0.15) is 16.8 Å². The van der Waals surface area contributed by atoms with Crippen LogP contribution in [-0.4, -0.2) is 16.0 Å². The van der Waals surface area contributed by atoms with E-state index in [1.54, 1.807) is 12.3 Å². The Kier molecular flexibility index (Phi) is 3.47. The van der Waals surface area contributed by atoms with Crippen molar-refractivity contribution in [1.29, 1.82) is 0 Å². The normalized spacial score (nSPS) is 14.3. The Labute approximate surface area is 143 Å². The lowest BCUT2D eigenvalue weighted by Gasteiger charge is -2.03. The van der Waals surface area contributed by atoms with Crippen molar-refractivity contribution in [2.45, 2.75) is 6.92 Å². The standard InChI is InChI=1S/C19H14ClN3O/c1-12-15(10-13-11-21-17-8-4-2-6-14(13)17)19(24)23(22-12)18-9-5-3-7-16(18)20/h2-11,22H,1H3/b13-10+. The summed E-state index contributed by atoms with van der Waals surface area (Å²) in [6.45, 7) is 1.87. The third kappa shape index (κ3) is 2.32. The molecule has 118 valence electrons. The van der Waals surface area contributed by atoms with Gasteiger partial charge in [-0.1, -0.05) is 41.9 Å². The van der Waals surface area contributed by atoms with Crippen molar-refractivity contribution in [3.63, 3.8) is 0 Å². The lowest BCUT2D eigenvalue weighted by molar-refractivity contribution is 0.835. The van der Waals surface area contributed by atoms with E-state index in [2.05, 4.69) is 10.1 Å². The lowest BCUT2D eigenvalue weighted by atomic mass is 10.0. The predicted molar refractivity (Wildman–Crippen MR) is 98.6 cm³/mol. The maximum Gasteiger partial charge on any atom is 0.278 e. The van der Waals surface area contributed by atoms with Crippen LogP contribution in [0.4, 0.5) is 5.69 Å². The third-order valence-corrected chi connectivity index (χ3v) is 4.39. The zero-order valence-electron chi connectivity index (χ0n) is 13.0. The lowest BCUT2D eigenvalue weighted by Crippen LogP contribution is -2.16. The highest BCUT2D eigenvalue weighted by molar-refractivity contribution is 6.32. The van der Waals surface area contributed by atoms with Crippen LogP contribution < -0.4 is 5.56 Å². The monoisotopic (exact) mass is 335 g/mol. The number of halogens is 1. The SMILES string of the molecule is Cc1[nH]n(-c2ccccc2Cl)c(=O)c1/C=C1\C=Nc2ccccc21. The summed E-state index contributed by atoms with van der Waals surface area (Å²) in [6.07, 6.45) is 3.66. The Balaban J connectivity index is 1.85. The molecule has 0 saturated heterocycles. The van der Waals surface area contributed by atoms with Crippen LogP contribution in [0.5, 0.6) is 0 Å². The number of hydrogen-bond donors (Lipinski definition) is 1. The van der Waals surface area contributed by atoms with Crippen molar-refractivity contribution >= 4 is 35.2 Å². The van der Waals surface area contributed by atoms with Crippen LogP contribution in [0.15, 0.2) is 58.3 Å². The van der Waals surface area contributed by atoms with Crippen LogP contribution >= 0.6 is 11.6 Å². The number of aryl methyl sites for hydroxylation is 1. The molecule has 1 aliphatic rings. The highest BCUT2D eigenvalue weighted by Gasteiger charge is 2.16. The molecule has 4 rings (SSSR count). The number of para-hydroxylation sites is 2. The van der Waals surface area contributed by atoms with E-state index < -0.39 is 0 Å². The van der Waals surface area contributed by atoms with Gasteiger partial charge in [-0.15, -0.1) is 0 Å². The fourth-order valence-corrected chi connectivity index (χ4v) is 3.06. The summed E-state index contributed by atoms with van der Waals surface area (Å²) in [5.41, 5.74) is 4.77. The van der Waals surface area contributed by atoms with Gasteiger partial charge in [0.05, 0.1) is 22.0 Å². The van der Waals surface area contributed by atoms with E-state index in [-0.39, 0.29) is 5.56 Å². The highest BCUT2D eigenvalue weighted by Crippen LogP contribution is 2.32. The number of allylic oxidation sites excluding steroid dienone is 1. The number of aliphatic imine (C=N–C) groups is 1.